The third kappa shape index (κ3) is 4.78. The number of aromatic nitrogens is 2. The summed E-state index contributed by atoms with van der Waals surface area (Å²) >= 11 is 1.62. The van der Waals surface area contributed by atoms with Gasteiger partial charge in [0.15, 0.2) is 0 Å². The molecule has 0 N–H and O–H groups in total. The van der Waals surface area contributed by atoms with Gasteiger partial charge in [0.05, 0.1) is 11.8 Å². The van der Waals surface area contributed by atoms with Crippen molar-refractivity contribution in [3.63, 3.8) is 0 Å². The van der Waals surface area contributed by atoms with Gasteiger partial charge in [-0.05, 0) is 29.8 Å². The number of halogens is 1. The van der Waals surface area contributed by atoms with Crippen LogP contribution in [0.5, 0.6) is 0 Å². The van der Waals surface area contributed by atoms with Crippen molar-refractivity contribution in [2.75, 3.05) is 0 Å². The lowest BCUT2D eigenvalue weighted by atomic mass is 10.1. The zero-order valence-corrected chi connectivity index (χ0v) is 17.2. The fourth-order valence-corrected chi connectivity index (χ4v) is 3.90. The molecule has 0 fully saturated rings. The molecule has 0 atom stereocenters. The standard InChI is InChI=1S/C24H20FN3OS/c1-28-24(30-21-10-6-3-7-11-21)22(23(27-28)19-8-4-2-5-9-19)16-26-29-17-18-12-14-20(25)15-13-18/h2-16H,17H2,1H3. The fourth-order valence-electron chi connectivity index (χ4n) is 2.95. The smallest absolute Gasteiger partial charge is 0.142 e. The summed E-state index contributed by atoms with van der Waals surface area (Å²) < 4.78 is 14.9. The second-order valence-corrected chi connectivity index (χ2v) is 7.67. The number of nitrogens with zero attached hydrogens (tertiary/aromatic N) is 3. The van der Waals surface area contributed by atoms with E-state index in [0.29, 0.717) is 0 Å². The molecule has 4 rings (SSSR count). The van der Waals surface area contributed by atoms with Gasteiger partial charge < -0.3 is 4.84 Å². The van der Waals surface area contributed by atoms with Gasteiger partial charge in [0.25, 0.3) is 0 Å². The highest BCUT2D eigenvalue weighted by Crippen LogP contribution is 2.34. The van der Waals surface area contributed by atoms with Crippen LogP contribution in [0.15, 0.2) is 100 Å². The first-order chi connectivity index (χ1) is 14.7. The van der Waals surface area contributed by atoms with Crippen molar-refractivity contribution in [2.24, 2.45) is 12.2 Å². The Morgan fingerprint density at radius 2 is 1.63 bits per heavy atom. The average molecular weight is 418 g/mol. The maximum atomic E-state index is 13.0. The molecule has 0 radical (unpaired) electrons. The lowest BCUT2D eigenvalue weighted by Gasteiger charge is -2.04. The molecular weight excluding hydrogens is 397 g/mol. The van der Waals surface area contributed by atoms with Crippen LogP contribution in [0.25, 0.3) is 11.3 Å². The van der Waals surface area contributed by atoms with Gasteiger partial charge in [-0.25, -0.2) is 4.39 Å². The molecule has 4 nitrogen and oxygen atoms in total. The summed E-state index contributed by atoms with van der Waals surface area (Å²) in [5, 5.41) is 9.87. The predicted molar refractivity (Wildman–Crippen MR) is 118 cm³/mol. The molecule has 0 bridgehead atoms. The molecule has 0 unspecified atom stereocenters. The van der Waals surface area contributed by atoms with Gasteiger partial charge >= 0.3 is 0 Å². The molecule has 30 heavy (non-hydrogen) atoms. The van der Waals surface area contributed by atoms with Crippen LogP contribution < -0.4 is 0 Å². The number of benzene rings is 3. The summed E-state index contributed by atoms with van der Waals surface area (Å²) in [7, 11) is 1.93. The van der Waals surface area contributed by atoms with Crippen LogP contribution in [0.3, 0.4) is 0 Å². The normalized spacial score (nSPS) is 11.1. The second-order valence-electron chi connectivity index (χ2n) is 6.61. The van der Waals surface area contributed by atoms with Gasteiger partial charge in [-0.2, -0.15) is 5.10 Å². The number of rotatable bonds is 7. The Labute approximate surface area is 179 Å². The Hall–Kier alpha value is -3.38. The van der Waals surface area contributed by atoms with E-state index in [0.717, 1.165) is 32.3 Å². The Kier molecular flexibility index (Phi) is 6.25. The molecule has 0 amide bonds. The van der Waals surface area contributed by atoms with Gasteiger partial charge in [0, 0.05) is 17.5 Å². The average Bonchev–Trinajstić information content (AvgIpc) is 3.09. The fraction of sp³-hybridized carbons (Fsp3) is 0.0833. The summed E-state index contributed by atoms with van der Waals surface area (Å²) in [5.74, 6) is -0.271. The zero-order chi connectivity index (χ0) is 20.8. The third-order valence-corrected chi connectivity index (χ3v) is 5.62. The maximum Gasteiger partial charge on any atom is 0.142 e. The SMILES string of the molecule is Cn1nc(-c2ccccc2)c(C=NOCc2ccc(F)cc2)c1Sc1ccccc1. The molecule has 4 aromatic rings. The number of oxime groups is 1. The Balaban J connectivity index is 1.62. The predicted octanol–water partition coefficient (Wildman–Crippen LogP) is 5.93. The summed E-state index contributed by atoms with van der Waals surface area (Å²) in [6, 6.07) is 26.3. The Morgan fingerprint density at radius 3 is 2.33 bits per heavy atom. The van der Waals surface area contributed by atoms with Crippen molar-refractivity contribution < 1.29 is 9.23 Å². The number of aryl methyl sites for hydroxylation is 1. The van der Waals surface area contributed by atoms with E-state index in [2.05, 4.69) is 17.3 Å². The van der Waals surface area contributed by atoms with Crippen molar-refractivity contribution in [3.05, 3.63) is 102 Å². The third-order valence-electron chi connectivity index (χ3n) is 4.44. The van der Waals surface area contributed by atoms with E-state index in [1.807, 2.05) is 60.3 Å². The van der Waals surface area contributed by atoms with Crippen LogP contribution in [0.4, 0.5) is 4.39 Å². The first kappa shape index (κ1) is 19.9. The van der Waals surface area contributed by atoms with Crippen LogP contribution in [0, 0.1) is 5.82 Å². The zero-order valence-electron chi connectivity index (χ0n) is 16.4. The van der Waals surface area contributed by atoms with E-state index in [4.69, 9.17) is 9.94 Å². The summed E-state index contributed by atoms with van der Waals surface area (Å²) in [4.78, 5) is 6.58. The van der Waals surface area contributed by atoms with E-state index in [9.17, 15) is 4.39 Å². The monoisotopic (exact) mass is 417 g/mol. The number of hydrogen-bond donors (Lipinski definition) is 0. The highest BCUT2D eigenvalue weighted by Gasteiger charge is 2.17. The summed E-state index contributed by atoms with van der Waals surface area (Å²) in [6.45, 7) is 0.263. The molecule has 3 aromatic carbocycles. The largest absolute Gasteiger partial charge is 0.391 e. The minimum Gasteiger partial charge on any atom is -0.391 e. The molecule has 1 aromatic heterocycles. The first-order valence-electron chi connectivity index (χ1n) is 9.46. The Morgan fingerprint density at radius 1 is 0.967 bits per heavy atom. The van der Waals surface area contributed by atoms with Gasteiger partial charge in [0.2, 0.25) is 0 Å². The lowest BCUT2D eigenvalue weighted by molar-refractivity contribution is 0.132. The molecule has 0 saturated carbocycles. The minimum atomic E-state index is -0.271. The molecule has 0 saturated heterocycles. The number of hydrogen-bond acceptors (Lipinski definition) is 4. The lowest BCUT2D eigenvalue weighted by Crippen LogP contribution is -1.94. The molecule has 1 heterocycles. The highest BCUT2D eigenvalue weighted by molar-refractivity contribution is 7.99. The molecule has 0 aliphatic heterocycles. The van der Waals surface area contributed by atoms with Crippen LogP contribution in [0.1, 0.15) is 11.1 Å². The van der Waals surface area contributed by atoms with Gasteiger partial charge in [-0.15, -0.1) is 0 Å². The van der Waals surface area contributed by atoms with Crippen LogP contribution >= 0.6 is 11.8 Å². The summed E-state index contributed by atoms with van der Waals surface area (Å²) in [6.07, 6.45) is 1.70. The maximum absolute atomic E-state index is 13.0. The van der Waals surface area contributed by atoms with Crippen LogP contribution in [-0.2, 0) is 18.5 Å². The van der Waals surface area contributed by atoms with Gasteiger partial charge in [0.1, 0.15) is 23.1 Å². The van der Waals surface area contributed by atoms with Crippen LogP contribution in [0.2, 0.25) is 0 Å². The highest BCUT2D eigenvalue weighted by atomic mass is 32.2. The molecule has 6 heteroatoms. The van der Waals surface area contributed by atoms with E-state index >= 15 is 0 Å². The van der Waals surface area contributed by atoms with Gasteiger partial charge in [-0.3, -0.25) is 4.68 Å². The second kappa shape index (κ2) is 9.41. The molecule has 0 aliphatic rings. The van der Waals surface area contributed by atoms with Crippen LogP contribution in [-0.4, -0.2) is 16.0 Å². The first-order valence-corrected chi connectivity index (χ1v) is 10.3. The van der Waals surface area contributed by atoms with Crippen molar-refractivity contribution in [3.8, 4) is 11.3 Å². The Bertz CT molecular complexity index is 1130. The van der Waals surface area contributed by atoms with E-state index < -0.39 is 0 Å². The topological polar surface area (TPSA) is 39.4 Å². The van der Waals surface area contributed by atoms with Crippen molar-refractivity contribution in [1.82, 2.24) is 9.78 Å². The van der Waals surface area contributed by atoms with Crippen molar-refractivity contribution in [2.45, 2.75) is 16.5 Å². The van der Waals surface area contributed by atoms with Gasteiger partial charge in [-0.1, -0.05) is 77.6 Å². The molecule has 0 spiro atoms. The van der Waals surface area contributed by atoms with E-state index in [1.165, 1.54) is 12.1 Å². The van der Waals surface area contributed by atoms with E-state index in [1.54, 1.807) is 30.1 Å². The molecule has 150 valence electrons. The summed E-state index contributed by atoms with van der Waals surface area (Å²) in [5.41, 5.74) is 3.58. The molecular formula is C24H20FN3OS. The minimum absolute atomic E-state index is 0.263. The van der Waals surface area contributed by atoms with Crippen molar-refractivity contribution >= 4 is 18.0 Å². The molecule has 0 aliphatic carbocycles. The van der Waals surface area contributed by atoms with Crippen molar-refractivity contribution in [1.29, 1.82) is 0 Å². The quantitative estimate of drug-likeness (QED) is 0.276. The van der Waals surface area contributed by atoms with E-state index in [-0.39, 0.29) is 12.4 Å².